The van der Waals surface area contributed by atoms with E-state index in [1.54, 1.807) is 19.1 Å². The van der Waals surface area contributed by atoms with Crippen molar-refractivity contribution in [1.82, 2.24) is 10.1 Å². The number of nitrogens with zero attached hydrogens (tertiary/aromatic N) is 4. The van der Waals surface area contributed by atoms with Crippen molar-refractivity contribution >= 4 is 78.9 Å². The van der Waals surface area contributed by atoms with E-state index in [1.165, 1.54) is 24.3 Å². The predicted molar refractivity (Wildman–Crippen MR) is 267 cm³/mol. The quantitative estimate of drug-likeness (QED) is 0.0236. The fourth-order valence-electron chi connectivity index (χ4n) is 9.81. The van der Waals surface area contributed by atoms with Gasteiger partial charge in [0.1, 0.15) is 6.54 Å². The highest BCUT2D eigenvalue weighted by molar-refractivity contribution is 7.86. The minimum Gasteiger partial charge on any atom is -0.466 e. The molecule has 4 heterocycles. The molecule has 0 spiro atoms. The van der Waals surface area contributed by atoms with E-state index in [-0.39, 0.29) is 67.3 Å². The van der Waals surface area contributed by atoms with Crippen LogP contribution in [0.25, 0.3) is 0 Å². The number of anilines is 1. The zero-order valence-corrected chi connectivity index (χ0v) is 43.8. The molecule has 4 amide bonds. The number of carbonyl (C=O) groups is 7. The Labute approximate surface area is 431 Å². The molecule has 1 unspecified atom stereocenters. The molecule has 0 aromatic heterocycles. The van der Waals surface area contributed by atoms with Crippen molar-refractivity contribution in [2.75, 3.05) is 24.6 Å². The summed E-state index contributed by atoms with van der Waals surface area (Å²) in [5, 5.41) is 1.04. The molecule has 2 aromatic rings. The molecule has 0 bridgehead atoms. The van der Waals surface area contributed by atoms with Crippen LogP contribution in [0.5, 0.6) is 0 Å². The molecule has 2 saturated heterocycles. The molecule has 22 heteroatoms. The number of fused-ring (bicyclic) bond motifs is 2. The number of benzene rings is 2. The maximum atomic E-state index is 12.6. The molecule has 6 rings (SSSR count). The van der Waals surface area contributed by atoms with E-state index < -0.39 is 66.6 Å². The predicted octanol–water partition coefficient (Wildman–Crippen LogP) is 7.18. The Morgan fingerprint density at radius 2 is 1.16 bits per heavy atom. The summed E-state index contributed by atoms with van der Waals surface area (Å²) in [4.78, 5) is 96.4. The fraction of sp³-hybridized carbons (Fsp3) is 0.500. The number of unbranched alkanes of at least 4 members (excludes halogenated alkanes) is 6. The number of hydrogen-bond donors (Lipinski definition) is 2. The molecule has 2 N–H and O–H groups in total. The van der Waals surface area contributed by atoms with E-state index in [4.69, 9.17) is 14.4 Å². The average Bonchev–Trinajstić information content (AvgIpc) is 3.97. The SMILES string of the molecule is CCOC(=O)CCCCCN1\C(=C/C=C/C=C/C2=[N+](CCCCCC(=O)ON3C(=O)CCC3=O)c3ccc(S(=O)(=O)O)cc3C2(C)C)C(C)(CCCCCC(=O)ON2C(=O)CCC2=O)c2cc(S(=O)(=O)O)ccc21. The molecule has 400 valence electrons. The lowest BCUT2D eigenvalue weighted by atomic mass is 9.77. The Morgan fingerprint density at radius 3 is 1.72 bits per heavy atom. The lowest BCUT2D eigenvalue weighted by molar-refractivity contribution is -0.438. The van der Waals surface area contributed by atoms with Gasteiger partial charge < -0.3 is 19.3 Å². The number of esters is 1. The maximum Gasteiger partial charge on any atom is 0.333 e. The number of allylic oxidation sites excluding steroid dienone is 6. The maximum absolute atomic E-state index is 12.6. The van der Waals surface area contributed by atoms with Crippen LogP contribution in [0, 0.1) is 0 Å². The first-order chi connectivity index (χ1) is 35.0. The van der Waals surface area contributed by atoms with Gasteiger partial charge in [-0.3, -0.25) is 33.1 Å². The van der Waals surface area contributed by atoms with Crippen molar-refractivity contribution in [1.29, 1.82) is 0 Å². The summed E-state index contributed by atoms with van der Waals surface area (Å²) in [6, 6.07) is 8.94. The monoisotopic (exact) mass is 1070 g/mol. The fourth-order valence-corrected chi connectivity index (χ4v) is 10.8. The molecule has 1 atom stereocenters. The van der Waals surface area contributed by atoms with Gasteiger partial charge in [0.05, 0.1) is 21.8 Å². The normalized spacial score (nSPS) is 19.2. The van der Waals surface area contributed by atoms with Crippen LogP contribution in [0.1, 0.15) is 148 Å². The Bertz CT molecular complexity index is 2870. The number of imide groups is 2. The van der Waals surface area contributed by atoms with Crippen molar-refractivity contribution in [2.24, 2.45) is 0 Å². The molecule has 4 aliphatic heterocycles. The van der Waals surface area contributed by atoms with E-state index in [0.717, 1.165) is 22.8 Å². The van der Waals surface area contributed by atoms with E-state index in [1.807, 2.05) is 51.2 Å². The smallest absolute Gasteiger partial charge is 0.333 e. The first-order valence-corrected chi connectivity index (χ1v) is 27.9. The van der Waals surface area contributed by atoms with Crippen molar-refractivity contribution in [3.63, 3.8) is 0 Å². The van der Waals surface area contributed by atoms with Gasteiger partial charge in [-0.25, -0.2) is 9.59 Å². The molecule has 2 aromatic carbocycles. The molecule has 74 heavy (non-hydrogen) atoms. The molecule has 0 saturated carbocycles. The second-order valence-electron chi connectivity index (χ2n) is 19.3. The third-order valence-electron chi connectivity index (χ3n) is 13.7. The molecule has 20 nitrogen and oxygen atoms in total. The second kappa shape index (κ2) is 24.3. The highest BCUT2D eigenvalue weighted by atomic mass is 32.2. The highest BCUT2D eigenvalue weighted by Crippen LogP contribution is 2.51. The number of rotatable bonds is 26. The average molecular weight is 1070 g/mol. The number of hydroxylamine groups is 4. The van der Waals surface area contributed by atoms with Crippen LogP contribution in [0.4, 0.5) is 11.4 Å². The Kier molecular flexibility index (Phi) is 18.7. The topological polar surface area (TPSA) is 269 Å². The standard InChI is InChI=1S/C52H64N4O16S2/c1-5-70-48(61)20-13-8-17-33-54-41-26-24-37(74(67,68)69)35-39(41)52(4,31-15-7-12-21-49(62)71-55-44(57)27-28-45(55)58)43(54)19-11-6-10-18-42-51(2,3)38-34-36(73(64,65)66)23-25-40(38)53(42)32-16-9-14-22-50(63)72-56-46(59)29-30-47(56)60/h6,10-11,18-19,23-26,34-35H,5,7-9,12-17,20-22,27-33H2,1-4H3,(H-,64,65,66,67,68,69)/p+1. The summed E-state index contributed by atoms with van der Waals surface area (Å²) in [5.41, 5.74) is 2.85. The summed E-state index contributed by atoms with van der Waals surface area (Å²) < 4.78 is 76.8. The molecular weight excluding hydrogens is 1000 g/mol. The van der Waals surface area contributed by atoms with Crippen LogP contribution < -0.4 is 4.90 Å². The minimum atomic E-state index is -4.60. The second-order valence-corrected chi connectivity index (χ2v) is 22.2. The Balaban J connectivity index is 1.25. The van der Waals surface area contributed by atoms with Gasteiger partial charge in [-0.2, -0.15) is 21.4 Å². The lowest BCUT2D eigenvalue weighted by Crippen LogP contribution is -2.32. The van der Waals surface area contributed by atoms with E-state index in [0.29, 0.717) is 98.6 Å². The van der Waals surface area contributed by atoms with E-state index in [2.05, 4.69) is 9.48 Å². The van der Waals surface area contributed by atoms with Gasteiger partial charge in [-0.05, 0) is 108 Å². The number of amides is 4. The van der Waals surface area contributed by atoms with Crippen LogP contribution >= 0.6 is 0 Å². The van der Waals surface area contributed by atoms with E-state index >= 15 is 0 Å². The van der Waals surface area contributed by atoms with E-state index in [9.17, 15) is 59.5 Å². The minimum absolute atomic E-state index is 0.00797. The van der Waals surface area contributed by atoms with Crippen molar-refractivity contribution in [2.45, 2.75) is 157 Å². The van der Waals surface area contributed by atoms with Gasteiger partial charge in [-0.15, -0.1) is 10.1 Å². The number of ether oxygens (including phenoxy) is 1. The van der Waals surface area contributed by atoms with Gasteiger partial charge in [0.25, 0.3) is 43.9 Å². The van der Waals surface area contributed by atoms with Crippen molar-refractivity contribution in [3.05, 3.63) is 83.6 Å². The zero-order chi connectivity index (χ0) is 54.0. The summed E-state index contributed by atoms with van der Waals surface area (Å²) in [7, 11) is -9.12. The van der Waals surface area contributed by atoms with Gasteiger partial charge in [0, 0.05) is 92.4 Å². The first kappa shape index (κ1) is 56.9. The Morgan fingerprint density at radius 1 is 0.649 bits per heavy atom. The van der Waals surface area contributed by atoms with Gasteiger partial charge in [0.15, 0.2) is 5.71 Å². The third-order valence-corrected chi connectivity index (χ3v) is 15.4. The third kappa shape index (κ3) is 13.7. The number of carbonyl (C=O) groups excluding carboxylic acids is 7. The van der Waals surface area contributed by atoms with Crippen LogP contribution in [0.15, 0.2) is 82.3 Å². The number of hydrogen-bond acceptors (Lipinski definition) is 15. The summed E-state index contributed by atoms with van der Waals surface area (Å²) in [6.07, 6.45) is 15.0. The molecule has 2 fully saturated rings. The summed E-state index contributed by atoms with van der Waals surface area (Å²) in [5.74, 6) is -3.94. The Hall–Kier alpha value is -6.36. The molecule has 0 radical (unpaired) electrons. The first-order valence-electron chi connectivity index (χ1n) is 25.0. The van der Waals surface area contributed by atoms with Gasteiger partial charge >= 0.3 is 17.9 Å². The highest BCUT2D eigenvalue weighted by Gasteiger charge is 2.46. The van der Waals surface area contributed by atoms with Crippen LogP contribution in [0.3, 0.4) is 0 Å². The van der Waals surface area contributed by atoms with Crippen molar-refractivity contribution in [3.8, 4) is 0 Å². The van der Waals surface area contributed by atoms with Crippen molar-refractivity contribution < 1.29 is 78.5 Å². The largest absolute Gasteiger partial charge is 0.466 e. The zero-order valence-electron chi connectivity index (χ0n) is 42.2. The summed E-state index contributed by atoms with van der Waals surface area (Å²) in [6.45, 7) is 8.85. The van der Waals surface area contributed by atoms with Crippen LogP contribution in [0.2, 0.25) is 0 Å². The molecular formula is C52H65N4O16S2+. The van der Waals surface area contributed by atoms with Crippen LogP contribution in [-0.2, 0) is 79.0 Å². The lowest BCUT2D eigenvalue weighted by Gasteiger charge is -2.30. The summed E-state index contributed by atoms with van der Waals surface area (Å²) >= 11 is 0. The van der Waals surface area contributed by atoms with Gasteiger partial charge in [0.2, 0.25) is 5.69 Å². The van der Waals surface area contributed by atoms with Crippen LogP contribution in [-0.4, -0.2) is 108 Å². The van der Waals surface area contributed by atoms with Gasteiger partial charge in [-0.1, -0.05) is 37.5 Å². The molecule has 4 aliphatic rings. The molecule has 0 aliphatic carbocycles.